The van der Waals surface area contributed by atoms with Gasteiger partial charge in [0.2, 0.25) is 0 Å². The second-order valence-corrected chi connectivity index (χ2v) is 12.9. The molecule has 3 saturated heterocycles. The average molecular weight is 560 g/mol. The third kappa shape index (κ3) is 5.31. The average Bonchev–Trinajstić information content (AvgIpc) is 2.88. The van der Waals surface area contributed by atoms with Gasteiger partial charge in [-0.05, 0) is 85.5 Å². The molecule has 1 aromatic carbocycles. The Labute approximate surface area is 234 Å². The molecule has 2 atom stereocenters. The lowest BCUT2D eigenvalue weighted by molar-refractivity contribution is -0.219. The van der Waals surface area contributed by atoms with E-state index >= 15 is 0 Å². The number of carboxylic acids is 1. The number of fused-ring (bicyclic) bond motifs is 3. The molecule has 0 aromatic heterocycles. The van der Waals surface area contributed by atoms with Crippen LogP contribution in [0, 0.1) is 23.2 Å². The highest BCUT2D eigenvalue weighted by molar-refractivity contribution is 6.30. The van der Waals surface area contributed by atoms with E-state index in [9.17, 15) is 19.5 Å². The first-order chi connectivity index (χ1) is 18.7. The summed E-state index contributed by atoms with van der Waals surface area (Å²) in [5.74, 6) is 0.846. The van der Waals surface area contributed by atoms with E-state index in [-0.39, 0.29) is 24.0 Å². The summed E-state index contributed by atoms with van der Waals surface area (Å²) in [6, 6.07) is 3.97. The number of halogens is 1. The highest BCUT2D eigenvalue weighted by atomic mass is 35.5. The summed E-state index contributed by atoms with van der Waals surface area (Å²) in [4.78, 5) is 40.8. The number of hydrazine groups is 1. The summed E-state index contributed by atoms with van der Waals surface area (Å²) in [7, 11) is 1.30. The molecule has 10 heteroatoms. The highest BCUT2D eigenvalue weighted by Crippen LogP contribution is 2.61. The van der Waals surface area contributed by atoms with Gasteiger partial charge in [0.25, 0.3) is 0 Å². The number of carbonyl (C=O) groups excluding carboxylic acids is 2. The molecule has 0 radical (unpaired) electrons. The van der Waals surface area contributed by atoms with Crippen LogP contribution in [-0.4, -0.2) is 89.8 Å². The maximum atomic E-state index is 14.0. The summed E-state index contributed by atoms with van der Waals surface area (Å²) in [6.45, 7) is 2.71. The SMILES string of the molecule is COC(=O)COc1ccc(Cl)cc1CC1N2CCN(CC2)N1C(C(=O)O)C(=O)CC12CC3CC(CC(C3)C1)C2. The van der Waals surface area contributed by atoms with E-state index in [0.717, 1.165) is 37.9 Å². The van der Waals surface area contributed by atoms with Gasteiger partial charge in [0.05, 0.1) is 13.3 Å². The fourth-order valence-electron chi connectivity index (χ4n) is 8.77. The molecule has 3 heterocycles. The van der Waals surface area contributed by atoms with Crippen LogP contribution in [0.15, 0.2) is 18.2 Å². The Bertz CT molecular complexity index is 1100. The molecule has 1 N–H and O–H groups in total. The fraction of sp³-hybridized carbons (Fsp3) is 0.690. The third-order valence-electron chi connectivity index (χ3n) is 9.86. The number of rotatable bonds is 10. The summed E-state index contributed by atoms with van der Waals surface area (Å²) in [6.07, 6.45) is 7.48. The number of benzene rings is 1. The van der Waals surface area contributed by atoms with Gasteiger partial charge in [-0.2, -0.15) is 0 Å². The van der Waals surface area contributed by atoms with Crippen LogP contribution in [0.25, 0.3) is 0 Å². The molecular formula is C29H38ClN3O6. The Hall–Kier alpha value is -2.20. The van der Waals surface area contributed by atoms with Crippen molar-refractivity contribution in [2.75, 3.05) is 39.9 Å². The van der Waals surface area contributed by atoms with Crippen molar-refractivity contribution in [3.05, 3.63) is 28.8 Å². The number of ether oxygens (including phenoxy) is 2. The lowest BCUT2D eigenvalue weighted by atomic mass is 9.48. The predicted molar refractivity (Wildman–Crippen MR) is 143 cm³/mol. The van der Waals surface area contributed by atoms with E-state index in [2.05, 4.69) is 9.91 Å². The Balaban J connectivity index is 1.26. The minimum Gasteiger partial charge on any atom is -0.482 e. The minimum absolute atomic E-state index is 0.0265. The Kier molecular flexibility index (Phi) is 7.37. The zero-order valence-electron chi connectivity index (χ0n) is 22.5. The molecule has 2 unspecified atom stereocenters. The monoisotopic (exact) mass is 559 g/mol. The number of ketones is 1. The van der Waals surface area contributed by atoms with Crippen molar-refractivity contribution in [3.63, 3.8) is 0 Å². The van der Waals surface area contributed by atoms with Crippen molar-refractivity contribution in [1.82, 2.24) is 14.9 Å². The van der Waals surface area contributed by atoms with Gasteiger partial charge in [-0.3, -0.25) is 9.69 Å². The van der Waals surface area contributed by atoms with Gasteiger partial charge in [-0.25, -0.2) is 19.6 Å². The number of carboxylic acid groups (broad SMARTS) is 1. The van der Waals surface area contributed by atoms with Gasteiger partial charge >= 0.3 is 11.9 Å². The molecule has 7 fully saturated rings. The number of esters is 1. The molecule has 4 aliphatic carbocycles. The molecule has 0 spiro atoms. The van der Waals surface area contributed by atoms with Crippen LogP contribution in [0.4, 0.5) is 0 Å². The van der Waals surface area contributed by atoms with Crippen LogP contribution < -0.4 is 4.74 Å². The lowest BCUT2D eigenvalue weighted by Gasteiger charge is -2.58. The van der Waals surface area contributed by atoms with E-state index in [4.69, 9.17) is 21.1 Å². The van der Waals surface area contributed by atoms with Gasteiger partial charge in [-0.15, -0.1) is 0 Å². The van der Waals surface area contributed by atoms with Crippen molar-refractivity contribution >= 4 is 29.3 Å². The van der Waals surface area contributed by atoms with E-state index in [1.807, 2.05) is 5.01 Å². The first-order valence-electron chi connectivity index (χ1n) is 14.2. The number of Topliss-reactive ketones (excluding diaryl/α,β-unsaturated/α-hetero) is 1. The number of methoxy groups -OCH3 is 1. The van der Waals surface area contributed by atoms with Crippen molar-refractivity contribution < 1.29 is 29.0 Å². The van der Waals surface area contributed by atoms with E-state index in [1.54, 1.807) is 18.2 Å². The molecule has 0 amide bonds. The topological polar surface area (TPSA) is 99.6 Å². The second-order valence-electron chi connectivity index (χ2n) is 12.5. The summed E-state index contributed by atoms with van der Waals surface area (Å²) in [5, 5.41) is 14.9. The van der Waals surface area contributed by atoms with Crippen LogP contribution in [0.3, 0.4) is 0 Å². The number of hydrogen-bond donors (Lipinski definition) is 1. The van der Waals surface area contributed by atoms with E-state index < -0.39 is 18.0 Å². The van der Waals surface area contributed by atoms with Crippen LogP contribution in [0.2, 0.25) is 5.02 Å². The van der Waals surface area contributed by atoms with Gasteiger partial charge in [0.15, 0.2) is 18.4 Å². The number of hydrogen-bond acceptors (Lipinski definition) is 8. The van der Waals surface area contributed by atoms with Gasteiger partial charge in [-0.1, -0.05) is 11.6 Å². The van der Waals surface area contributed by atoms with Crippen LogP contribution in [-0.2, 0) is 25.5 Å². The van der Waals surface area contributed by atoms with Crippen molar-refractivity contribution in [2.45, 2.75) is 63.6 Å². The summed E-state index contributed by atoms with van der Waals surface area (Å²) in [5.41, 5.74) is 0.731. The summed E-state index contributed by atoms with van der Waals surface area (Å²) < 4.78 is 10.5. The number of piperazine rings is 1. The van der Waals surface area contributed by atoms with E-state index in [0.29, 0.717) is 54.5 Å². The molecule has 9 nitrogen and oxygen atoms in total. The quantitative estimate of drug-likeness (QED) is 0.342. The smallest absolute Gasteiger partial charge is 0.343 e. The molecule has 8 rings (SSSR count). The van der Waals surface area contributed by atoms with Crippen molar-refractivity contribution in [3.8, 4) is 5.75 Å². The fourth-order valence-corrected chi connectivity index (χ4v) is 8.96. The molecule has 3 aliphatic heterocycles. The molecule has 4 saturated carbocycles. The molecule has 7 aliphatic rings. The van der Waals surface area contributed by atoms with Gasteiger partial charge in [0.1, 0.15) is 5.75 Å². The Morgan fingerprint density at radius 3 is 2.28 bits per heavy atom. The van der Waals surface area contributed by atoms with Gasteiger partial charge < -0.3 is 14.6 Å². The highest BCUT2D eigenvalue weighted by Gasteiger charge is 2.54. The number of aliphatic carboxylic acids is 1. The molecule has 212 valence electrons. The molecular weight excluding hydrogens is 522 g/mol. The van der Waals surface area contributed by atoms with Crippen molar-refractivity contribution in [2.24, 2.45) is 23.2 Å². The molecule has 6 bridgehead atoms. The Morgan fingerprint density at radius 2 is 1.69 bits per heavy atom. The third-order valence-corrected chi connectivity index (χ3v) is 10.1. The maximum Gasteiger partial charge on any atom is 0.343 e. The van der Waals surface area contributed by atoms with Gasteiger partial charge in [0, 0.05) is 44.0 Å². The zero-order chi connectivity index (χ0) is 27.3. The maximum absolute atomic E-state index is 14.0. The number of nitrogens with zero attached hydrogens (tertiary/aromatic N) is 3. The largest absolute Gasteiger partial charge is 0.482 e. The molecule has 1 aromatic rings. The van der Waals surface area contributed by atoms with Crippen LogP contribution in [0.5, 0.6) is 5.75 Å². The normalized spacial score (nSPS) is 35.5. The standard InChI is InChI=1S/C29H38ClN3O6/c1-38-26(35)17-39-24-3-2-22(30)11-21(24)12-25-31-4-6-32(7-5-31)33(25)27(28(36)37)23(34)16-29-13-18-8-19(14-29)10-20(9-18)15-29/h2-3,11,18-20,25,27H,4-10,12-17H2,1H3,(H,36,37). The predicted octanol–water partition coefficient (Wildman–Crippen LogP) is 3.24. The molecule has 39 heavy (non-hydrogen) atoms. The lowest BCUT2D eigenvalue weighted by Crippen LogP contribution is -2.74. The van der Waals surface area contributed by atoms with Crippen LogP contribution in [0.1, 0.15) is 50.5 Å². The summed E-state index contributed by atoms with van der Waals surface area (Å²) >= 11 is 6.34. The minimum atomic E-state index is -1.23. The zero-order valence-corrected chi connectivity index (χ0v) is 23.3. The Morgan fingerprint density at radius 1 is 1.05 bits per heavy atom. The van der Waals surface area contributed by atoms with E-state index in [1.165, 1.54) is 26.4 Å². The number of carbonyl (C=O) groups is 3. The van der Waals surface area contributed by atoms with Crippen LogP contribution >= 0.6 is 11.6 Å². The second kappa shape index (κ2) is 10.7. The first-order valence-corrected chi connectivity index (χ1v) is 14.6. The first kappa shape index (κ1) is 27.0. The van der Waals surface area contributed by atoms with Crippen molar-refractivity contribution in [1.29, 1.82) is 0 Å².